The van der Waals surface area contributed by atoms with Gasteiger partial charge in [-0.15, -0.1) is 11.6 Å². The van der Waals surface area contributed by atoms with Gasteiger partial charge in [0.25, 0.3) is 0 Å². The molecule has 0 fully saturated rings. The van der Waals surface area contributed by atoms with Crippen molar-refractivity contribution in [3.05, 3.63) is 47.5 Å². The maximum absolute atomic E-state index is 6.02. The molecule has 76 valence electrons. The molecule has 0 aliphatic heterocycles. The van der Waals surface area contributed by atoms with Crippen molar-refractivity contribution in [2.45, 2.75) is 5.88 Å². The van der Waals surface area contributed by atoms with Crippen molar-refractivity contribution in [3.63, 3.8) is 0 Å². The Kier molecular flexibility index (Phi) is 3.19. The van der Waals surface area contributed by atoms with E-state index in [1.165, 1.54) is 0 Å². The van der Waals surface area contributed by atoms with E-state index in [-0.39, 0.29) is 0 Å². The van der Waals surface area contributed by atoms with Crippen LogP contribution >= 0.6 is 23.2 Å². The Morgan fingerprint density at radius 3 is 2.47 bits per heavy atom. The summed E-state index contributed by atoms with van der Waals surface area (Å²) in [5, 5.41) is 0.597. The minimum Gasteiger partial charge on any atom is -0.265 e. The zero-order valence-electron chi connectivity index (χ0n) is 7.82. The van der Waals surface area contributed by atoms with Crippen LogP contribution in [0.1, 0.15) is 5.56 Å². The van der Waals surface area contributed by atoms with Gasteiger partial charge in [0, 0.05) is 36.2 Å². The monoisotopic (exact) mass is 238 g/mol. The zero-order valence-corrected chi connectivity index (χ0v) is 9.33. The third-order valence-corrected chi connectivity index (χ3v) is 2.72. The van der Waals surface area contributed by atoms with Crippen LogP contribution < -0.4 is 0 Å². The molecule has 0 saturated carbocycles. The molecule has 15 heavy (non-hydrogen) atoms. The number of alkyl halides is 1. The number of hydrogen-bond acceptors (Lipinski definition) is 2. The van der Waals surface area contributed by atoms with Crippen LogP contribution in [-0.4, -0.2) is 9.97 Å². The molecule has 2 heterocycles. The largest absolute Gasteiger partial charge is 0.265 e. The van der Waals surface area contributed by atoms with Crippen molar-refractivity contribution in [3.8, 4) is 11.1 Å². The van der Waals surface area contributed by atoms with E-state index in [1.54, 1.807) is 24.8 Å². The maximum Gasteiger partial charge on any atom is 0.0639 e. The molecule has 4 heteroatoms. The SMILES string of the molecule is ClCc1c(Cl)cncc1-c1ccncc1. The molecule has 0 bridgehead atoms. The van der Waals surface area contributed by atoms with Crippen molar-refractivity contribution in [1.29, 1.82) is 0 Å². The van der Waals surface area contributed by atoms with Gasteiger partial charge in [-0.25, -0.2) is 0 Å². The number of hydrogen-bond donors (Lipinski definition) is 0. The molecule has 0 aromatic carbocycles. The predicted octanol–water partition coefficient (Wildman–Crippen LogP) is 3.54. The molecule has 0 N–H and O–H groups in total. The van der Waals surface area contributed by atoms with E-state index in [0.29, 0.717) is 10.9 Å². The van der Waals surface area contributed by atoms with Gasteiger partial charge in [-0.1, -0.05) is 11.6 Å². The van der Waals surface area contributed by atoms with E-state index in [2.05, 4.69) is 9.97 Å². The van der Waals surface area contributed by atoms with E-state index in [4.69, 9.17) is 23.2 Å². The molecule has 2 rings (SSSR count). The molecule has 0 amide bonds. The van der Waals surface area contributed by atoms with E-state index in [9.17, 15) is 0 Å². The predicted molar refractivity (Wildman–Crippen MR) is 62.0 cm³/mol. The first-order chi connectivity index (χ1) is 7.33. The minimum absolute atomic E-state index is 0.374. The lowest BCUT2D eigenvalue weighted by Crippen LogP contribution is -1.89. The minimum atomic E-state index is 0.374. The molecular formula is C11H8Cl2N2. The summed E-state index contributed by atoms with van der Waals surface area (Å²) in [6.45, 7) is 0. The first-order valence-electron chi connectivity index (χ1n) is 4.41. The van der Waals surface area contributed by atoms with Crippen LogP contribution in [0.4, 0.5) is 0 Å². The van der Waals surface area contributed by atoms with Gasteiger partial charge >= 0.3 is 0 Å². The molecule has 0 saturated heterocycles. The Labute approximate surface area is 97.9 Å². The number of pyridine rings is 2. The van der Waals surface area contributed by atoms with Gasteiger partial charge in [0.2, 0.25) is 0 Å². The summed E-state index contributed by atoms with van der Waals surface area (Å²) in [5.41, 5.74) is 2.88. The molecule has 0 radical (unpaired) electrons. The topological polar surface area (TPSA) is 25.8 Å². The second-order valence-electron chi connectivity index (χ2n) is 3.02. The molecule has 0 spiro atoms. The second-order valence-corrected chi connectivity index (χ2v) is 3.69. The summed E-state index contributed by atoms with van der Waals surface area (Å²) in [7, 11) is 0. The Morgan fingerprint density at radius 1 is 1.07 bits per heavy atom. The summed E-state index contributed by atoms with van der Waals surface area (Å²) < 4.78 is 0. The highest BCUT2D eigenvalue weighted by Crippen LogP contribution is 2.28. The van der Waals surface area contributed by atoms with Crippen LogP contribution in [0.2, 0.25) is 5.02 Å². The fourth-order valence-electron chi connectivity index (χ4n) is 1.38. The number of rotatable bonds is 2. The van der Waals surface area contributed by atoms with E-state index in [1.807, 2.05) is 12.1 Å². The summed E-state index contributed by atoms with van der Waals surface area (Å²) in [6.07, 6.45) is 6.82. The molecule has 0 atom stereocenters. The van der Waals surface area contributed by atoms with E-state index in [0.717, 1.165) is 16.7 Å². The van der Waals surface area contributed by atoms with Gasteiger partial charge in [-0.3, -0.25) is 9.97 Å². The molecule has 2 nitrogen and oxygen atoms in total. The van der Waals surface area contributed by atoms with Crippen molar-refractivity contribution < 1.29 is 0 Å². The fraction of sp³-hybridized carbons (Fsp3) is 0.0909. The first kappa shape index (κ1) is 10.4. The standard InChI is InChI=1S/C11H8Cl2N2/c12-5-9-10(6-15-7-11(9)13)8-1-3-14-4-2-8/h1-4,6-7H,5H2. The van der Waals surface area contributed by atoms with Crippen LogP contribution in [0.25, 0.3) is 11.1 Å². The Morgan fingerprint density at radius 2 is 1.80 bits per heavy atom. The van der Waals surface area contributed by atoms with Gasteiger partial charge in [0.1, 0.15) is 0 Å². The highest BCUT2D eigenvalue weighted by Gasteiger charge is 2.08. The Bertz CT molecular complexity index is 457. The van der Waals surface area contributed by atoms with Gasteiger partial charge in [-0.05, 0) is 23.3 Å². The van der Waals surface area contributed by atoms with Gasteiger partial charge in [-0.2, -0.15) is 0 Å². The molecule has 0 unspecified atom stereocenters. The third-order valence-electron chi connectivity index (χ3n) is 2.13. The molecule has 2 aromatic heterocycles. The third kappa shape index (κ3) is 2.11. The quantitative estimate of drug-likeness (QED) is 0.749. The maximum atomic E-state index is 6.02. The van der Waals surface area contributed by atoms with Crippen molar-refractivity contribution >= 4 is 23.2 Å². The van der Waals surface area contributed by atoms with Gasteiger partial charge in [0.05, 0.1) is 5.02 Å². The number of nitrogens with zero attached hydrogens (tertiary/aromatic N) is 2. The van der Waals surface area contributed by atoms with Crippen LogP contribution in [-0.2, 0) is 5.88 Å². The highest BCUT2D eigenvalue weighted by atomic mass is 35.5. The van der Waals surface area contributed by atoms with Crippen LogP contribution in [0.15, 0.2) is 36.9 Å². The normalized spacial score (nSPS) is 10.3. The Hall–Kier alpha value is -1.12. The van der Waals surface area contributed by atoms with Crippen LogP contribution in [0.3, 0.4) is 0 Å². The summed E-state index contributed by atoms with van der Waals surface area (Å²) in [6, 6.07) is 3.81. The lowest BCUT2D eigenvalue weighted by atomic mass is 10.0. The molecule has 2 aromatic rings. The average Bonchev–Trinajstić information content (AvgIpc) is 2.30. The average molecular weight is 239 g/mol. The first-order valence-corrected chi connectivity index (χ1v) is 5.33. The summed E-state index contributed by atoms with van der Waals surface area (Å²) in [4.78, 5) is 8.02. The molecular weight excluding hydrogens is 231 g/mol. The smallest absolute Gasteiger partial charge is 0.0639 e. The van der Waals surface area contributed by atoms with Crippen molar-refractivity contribution in [2.75, 3.05) is 0 Å². The summed E-state index contributed by atoms with van der Waals surface area (Å²) >= 11 is 11.9. The second kappa shape index (κ2) is 4.60. The van der Waals surface area contributed by atoms with E-state index >= 15 is 0 Å². The lowest BCUT2D eigenvalue weighted by molar-refractivity contribution is 1.26. The lowest BCUT2D eigenvalue weighted by Gasteiger charge is -2.07. The van der Waals surface area contributed by atoms with E-state index < -0.39 is 0 Å². The van der Waals surface area contributed by atoms with Crippen molar-refractivity contribution in [2.24, 2.45) is 0 Å². The highest BCUT2D eigenvalue weighted by molar-refractivity contribution is 6.32. The van der Waals surface area contributed by atoms with Gasteiger partial charge in [0.15, 0.2) is 0 Å². The van der Waals surface area contributed by atoms with Crippen molar-refractivity contribution in [1.82, 2.24) is 9.97 Å². The van der Waals surface area contributed by atoms with Gasteiger partial charge < -0.3 is 0 Å². The van der Waals surface area contributed by atoms with Crippen LogP contribution in [0, 0.1) is 0 Å². The number of aromatic nitrogens is 2. The van der Waals surface area contributed by atoms with Crippen LogP contribution in [0.5, 0.6) is 0 Å². The summed E-state index contributed by atoms with van der Waals surface area (Å²) in [5.74, 6) is 0.374. The number of halogens is 2. The Balaban J connectivity index is 2.58. The zero-order chi connectivity index (χ0) is 10.7. The molecule has 0 aliphatic carbocycles. The fourth-order valence-corrected chi connectivity index (χ4v) is 1.96. The molecule has 0 aliphatic rings.